The first kappa shape index (κ1) is 22.0. The zero-order valence-electron chi connectivity index (χ0n) is 16.0. The van der Waals surface area contributed by atoms with E-state index in [4.69, 9.17) is 22.1 Å². The highest BCUT2D eigenvalue weighted by atomic mass is 79.9. The van der Waals surface area contributed by atoms with Gasteiger partial charge in [-0.1, -0.05) is 27.5 Å². The van der Waals surface area contributed by atoms with Crippen LogP contribution in [0.3, 0.4) is 0 Å². The summed E-state index contributed by atoms with van der Waals surface area (Å²) in [5.41, 5.74) is 6.20. The van der Waals surface area contributed by atoms with Gasteiger partial charge in [0, 0.05) is 16.2 Å². The Bertz CT molecular complexity index is 1350. The van der Waals surface area contributed by atoms with Crippen LogP contribution in [-0.4, -0.2) is 22.3 Å². The van der Waals surface area contributed by atoms with Crippen molar-refractivity contribution in [2.45, 2.75) is 0 Å². The van der Waals surface area contributed by atoms with E-state index in [0.717, 1.165) is 16.6 Å². The van der Waals surface area contributed by atoms with Crippen LogP contribution in [0.5, 0.6) is 5.75 Å². The number of primary amides is 1. The number of hydrogen-bond acceptors (Lipinski definition) is 4. The van der Waals surface area contributed by atoms with Crippen LogP contribution in [0.2, 0.25) is 5.02 Å². The summed E-state index contributed by atoms with van der Waals surface area (Å²) in [7, 11) is 0. The van der Waals surface area contributed by atoms with Crippen molar-refractivity contribution in [3.05, 3.63) is 75.2 Å². The van der Waals surface area contributed by atoms with Crippen molar-refractivity contribution >= 4 is 56.1 Å². The highest BCUT2D eigenvalue weighted by molar-refractivity contribution is 9.10. The van der Waals surface area contributed by atoms with Crippen molar-refractivity contribution < 1.29 is 22.7 Å². The number of ether oxygens (including phenoxy) is 1. The smallest absolute Gasteiger partial charge is 0.252 e. The number of nitrogens with two attached hydrogens (primary N) is 1. The van der Waals surface area contributed by atoms with Gasteiger partial charge in [-0.15, -0.1) is 0 Å². The van der Waals surface area contributed by atoms with Crippen molar-refractivity contribution in [3.63, 3.8) is 0 Å². The van der Waals surface area contributed by atoms with Crippen molar-refractivity contribution in [2.75, 3.05) is 12.2 Å². The minimum absolute atomic E-state index is 0.0570. The Morgan fingerprint density at radius 1 is 1.16 bits per heavy atom. The summed E-state index contributed by atoms with van der Waals surface area (Å²) in [6.07, 6.45) is 0. The van der Waals surface area contributed by atoms with Gasteiger partial charge in [-0.25, -0.2) is 18.2 Å². The van der Waals surface area contributed by atoms with E-state index in [-0.39, 0.29) is 28.5 Å². The number of alkyl halides is 1. The van der Waals surface area contributed by atoms with Gasteiger partial charge >= 0.3 is 0 Å². The quantitative estimate of drug-likeness (QED) is 0.309. The molecule has 32 heavy (non-hydrogen) atoms. The van der Waals surface area contributed by atoms with E-state index in [1.54, 1.807) is 28.8 Å². The van der Waals surface area contributed by atoms with Gasteiger partial charge in [0.2, 0.25) is 12.8 Å². The van der Waals surface area contributed by atoms with Crippen LogP contribution in [0.1, 0.15) is 10.4 Å². The number of anilines is 2. The molecule has 0 saturated heterocycles. The molecule has 1 amide bonds. The summed E-state index contributed by atoms with van der Waals surface area (Å²) < 4.78 is 48.5. The number of fused-ring (bicyclic) bond motifs is 1. The van der Waals surface area contributed by atoms with Crippen LogP contribution in [0.25, 0.3) is 16.7 Å². The van der Waals surface area contributed by atoms with Gasteiger partial charge in [0.1, 0.15) is 22.4 Å². The first-order valence-corrected chi connectivity index (χ1v) is 10.2. The largest absolute Gasteiger partial charge is 0.462 e. The number of benzene rings is 3. The molecule has 0 atom stereocenters. The number of carbonyl (C=O) groups excluding carboxylic acids is 1. The predicted molar refractivity (Wildman–Crippen MR) is 119 cm³/mol. The molecule has 0 aliphatic carbocycles. The number of rotatable bonds is 6. The van der Waals surface area contributed by atoms with E-state index in [0.29, 0.717) is 11.2 Å². The van der Waals surface area contributed by atoms with Crippen LogP contribution in [0.15, 0.2) is 53.0 Å². The van der Waals surface area contributed by atoms with E-state index in [1.807, 2.05) is 0 Å². The molecule has 0 aliphatic rings. The summed E-state index contributed by atoms with van der Waals surface area (Å²) in [6.45, 7) is -1.19. The van der Waals surface area contributed by atoms with E-state index in [1.165, 1.54) is 12.1 Å². The number of halogens is 5. The first-order valence-electron chi connectivity index (χ1n) is 9.01. The number of nitrogens with zero attached hydrogens (tertiary/aromatic N) is 2. The third kappa shape index (κ3) is 3.98. The number of imidazole rings is 1. The lowest BCUT2D eigenvalue weighted by atomic mass is 10.1. The molecule has 0 unspecified atom stereocenters. The maximum atomic E-state index is 14.4. The van der Waals surface area contributed by atoms with Gasteiger partial charge in [0.25, 0.3) is 5.91 Å². The van der Waals surface area contributed by atoms with Crippen LogP contribution < -0.4 is 15.8 Å². The number of nitrogens with one attached hydrogen (secondary N) is 1. The molecule has 1 heterocycles. The van der Waals surface area contributed by atoms with Gasteiger partial charge in [-0.05, 0) is 42.5 Å². The van der Waals surface area contributed by atoms with Gasteiger partial charge < -0.3 is 15.8 Å². The standard InChI is InChI=1S/C21H13BrClF3N4O2/c22-10-1-3-11(4-2-10)30-16-8-17(32-9-24)12(20(27)31)7-15(16)28-21(30)29-19-14(26)6-5-13(25)18(19)23/h1-8H,9H2,(H2,27,31)(H,28,29). The highest BCUT2D eigenvalue weighted by Crippen LogP contribution is 2.35. The monoisotopic (exact) mass is 524 g/mol. The maximum absolute atomic E-state index is 14.4. The third-order valence-electron chi connectivity index (χ3n) is 4.60. The molecule has 6 nitrogen and oxygen atoms in total. The predicted octanol–water partition coefficient (Wildman–Crippen LogP) is 5.87. The Labute approximate surface area is 192 Å². The third-order valence-corrected chi connectivity index (χ3v) is 5.50. The summed E-state index contributed by atoms with van der Waals surface area (Å²) >= 11 is 9.31. The maximum Gasteiger partial charge on any atom is 0.252 e. The Morgan fingerprint density at radius 3 is 2.50 bits per heavy atom. The second-order valence-corrected chi connectivity index (χ2v) is 7.84. The molecular formula is C21H13BrClF3N4O2. The Morgan fingerprint density at radius 2 is 1.84 bits per heavy atom. The Kier molecular flexibility index (Phi) is 5.98. The zero-order chi connectivity index (χ0) is 23.0. The van der Waals surface area contributed by atoms with E-state index < -0.39 is 29.4 Å². The molecular weight excluding hydrogens is 513 g/mol. The highest BCUT2D eigenvalue weighted by Gasteiger charge is 2.21. The molecule has 164 valence electrons. The van der Waals surface area contributed by atoms with Crippen LogP contribution >= 0.6 is 27.5 Å². The van der Waals surface area contributed by atoms with Gasteiger partial charge in [-0.2, -0.15) is 0 Å². The van der Waals surface area contributed by atoms with Crippen molar-refractivity contribution in [3.8, 4) is 11.4 Å². The second-order valence-electron chi connectivity index (χ2n) is 6.55. The van der Waals surface area contributed by atoms with Crippen molar-refractivity contribution in [1.29, 1.82) is 0 Å². The number of amides is 1. The SMILES string of the molecule is NC(=O)c1cc2nc(Nc3c(F)ccc(F)c3Cl)n(-c3ccc(Br)cc3)c2cc1OCF. The molecule has 0 aliphatic heterocycles. The first-order chi connectivity index (χ1) is 15.3. The van der Waals surface area contributed by atoms with Crippen molar-refractivity contribution in [1.82, 2.24) is 9.55 Å². The number of aromatic nitrogens is 2. The summed E-state index contributed by atoms with van der Waals surface area (Å²) in [5.74, 6) is -2.50. The van der Waals surface area contributed by atoms with Gasteiger partial charge in [0.05, 0.1) is 22.3 Å². The summed E-state index contributed by atoms with van der Waals surface area (Å²) in [4.78, 5) is 16.2. The fourth-order valence-corrected chi connectivity index (χ4v) is 3.63. The fourth-order valence-electron chi connectivity index (χ4n) is 3.16. The molecule has 0 radical (unpaired) electrons. The minimum Gasteiger partial charge on any atom is -0.462 e. The van der Waals surface area contributed by atoms with Crippen LogP contribution in [-0.2, 0) is 0 Å². The average molecular weight is 526 g/mol. The van der Waals surface area contributed by atoms with Crippen molar-refractivity contribution in [2.24, 2.45) is 5.73 Å². The van der Waals surface area contributed by atoms with E-state index in [9.17, 15) is 18.0 Å². The fraction of sp³-hybridized carbons (Fsp3) is 0.0476. The molecule has 0 saturated carbocycles. The van der Waals surface area contributed by atoms with E-state index >= 15 is 0 Å². The zero-order valence-corrected chi connectivity index (χ0v) is 18.3. The molecule has 11 heteroatoms. The second kappa shape index (κ2) is 8.71. The topological polar surface area (TPSA) is 82.2 Å². The Hall–Kier alpha value is -3.24. The lowest BCUT2D eigenvalue weighted by Crippen LogP contribution is -2.13. The molecule has 4 aromatic rings. The molecule has 1 aromatic heterocycles. The van der Waals surface area contributed by atoms with Gasteiger partial charge in [-0.3, -0.25) is 9.36 Å². The molecule has 3 aromatic carbocycles. The molecule has 0 fully saturated rings. The lowest BCUT2D eigenvalue weighted by molar-refractivity contribution is 0.0993. The Balaban J connectivity index is 1.99. The minimum atomic E-state index is -1.19. The summed E-state index contributed by atoms with van der Waals surface area (Å²) in [6, 6.07) is 11.5. The van der Waals surface area contributed by atoms with Crippen LogP contribution in [0.4, 0.5) is 24.8 Å². The number of hydrogen-bond donors (Lipinski definition) is 2. The van der Waals surface area contributed by atoms with Gasteiger partial charge in [0.15, 0.2) is 0 Å². The normalized spacial score (nSPS) is 11.0. The molecule has 3 N–H and O–H groups in total. The van der Waals surface area contributed by atoms with E-state index in [2.05, 4.69) is 26.2 Å². The molecule has 0 bridgehead atoms. The van der Waals surface area contributed by atoms with Crippen LogP contribution in [0, 0.1) is 11.6 Å². The lowest BCUT2D eigenvalue weighted by Gasteiger charge is -2.13. The summed E-state index contributed by atoms with van der Waals surface area (Å²) in [5, 5.41) is 2.26. The average Bonchev–Trinajstić information content (AvgIpc) is 3.11. The molecule has 4 rings (SSSR count). The molecule has 0 spiro atoms. The number of carbonyl (C=O) groups is 1.